The number of anilines is 1. The molecular weight excluding hydrogens is 462 g/mol. The van der Waals surface area contributed by atoms with Gasteiger partial charge in [-0.25, -0.2) is 0 Å². The third-order valence-corrected chi connectivity index (χ3v) is 6.90. The van der Waals surface area contributed by atoms with Crippen LogP contribution in [0.3, 0.4) is 0 Å². The van der Waals surface area contributed by atoms with Crippen molar-refractivity contribution in [2.75, 3.05) is 38.2 Å². The Hall–Kier alpha value is -3.93. The van der Waals surface area contributed by atoms with Gasteiger partial charge in [0.2, 0.25) is 0 Å². The molecule has 1 aromatic heterocycles. The van der Waals surface area contributed by atoms with Crippen LogP contribution in [0.2, 0.25) is 0 Å². The fourth-order valence-corrected chi connectivity index (χ4v) is 5.06. The van der Waals surface area contributed by atoms with Crippen LogP contribution in [0.25, 0.3) is 10.9 Å². The molecule has 0 spiro atoms. The lowest BCUT2D eigenvalue weighted by Gasteiger charge is -2.36. The maximum absolute atomic E-state index is 13.8. The number of fused-ring (bicyclic) bond motifs is 1. The van der Waals surface area contributed by atoms with Gasteiger partial charge >= 0.3 is 0 Å². The Morgan fingerprint density at radius 1 is 0.865 bits per heavy atom. The summed E-state index contributed by atoms with van der Waals surface area (Å²) < 4.78 is 14.0. The highest BCUT2D eigenvalue weighted by Crippen LogP contribution is 2.32. The largest absolute Gasteiger partial charge is 0.495 e. The number of hydrogen-bond acceptors (Lipinski definition) is 4. The molecule has 1 aliphatic rings. The average Bonchev–Trinajstić information content (AvgIpc) is 3.30. The summed E-state index contributed by atoms with van der Waals surface area (Å²) in [6, 6.07) is 26.3. The molecule has 37 heavy (non-hydrogen) atoms. The van der Waals surface area contributed by atoms with Gasteiger partial charge in [-0.3, -0.25) is 4.79 Å². The summed E-state index contributed by atoms with van der Waals surface area (Å²) in [5.74, 6) is 2.14. The van der Waals surface area contributed by atoms with Crippen LogP contribution in [0.5, 0.6) is 11.5 Å². The minimum atomic E-state index is 0.0746. The van der Waals surface area contributed by atoms with E-state index in [2.05, 4.69) is 47.6 Å². The number of rotatable bonds is 8. The molecule has 0 radical (unpaired) electrons. The van der Waals surface area contributed by atoms with Crippen LogP contribution >= 0.6 is 0 Å². The number of carbonyl (C=O) groups excluding carboxylic acids is 1. The number of ether oxygens (including phenoxy) is 2. The Labute approximate surface area is 219 Å². The van der Waals surface area contributed by atoms with Crippen LogP contribution in [-0.4, -0.2) is 48.7 Å². The molecule has 0 aliphatic carbocycles. The van der Waals surface area contributed by atoms with Crippen molar-refractivity contribution in [1.82, 2.24) is 9.47 Å². The van der Waals surface area contributed by atoms with E-state index in [0.717, 1.165) is 59.0 Å². The van der Waals surface area contributed by atoms with Crippen LogP contribution < -0.4 is 14.4 Å². The number of amides is 1. The maximum Gasteiger partial charge on any atom is 0.270 e. The summed E-state index contributed by atoms with van der Waals surface area (Å²) in [6.45, 7) is 8.49. The molecule has 1 amide bonds. The van der Waals surface area contributed by atoms with Crippen molar-refractivity contribution in [3.8, 4) is 11.5 Å². The van der Waals surface area contributed by atoms with E-state index in [1.54, 1.807) is 7.11 Å². The topological polar surface area (TPSA) is 46.9 Å². The van der Waals surface area contributed by atoms with E-state index in [1.807, 2.05) is 59.5 Å². The molecule has 3 aromatic carbocycles. The molecule has 0 N–H and O–H groups in total. The molecule has 4 aromatic rings. The Balaban J connectivity index is 1.39. The van der Waals surface area contributed by atoms with Gasteiger partial charge in [0.15, 0.2) is 0 Å². The Bertz CT molecular complexity index is 1350. The van der Waals surface area contributed by atoms with Crippen molar-refractivity contribution in [1.29, 1.82) is 0 Å². The molecular formula is C31H35N3O3. The second kappa shape index (κ2) is 11.0. The van der Waals surface area contributed by atoms with E-state index in [0.29, 0.717) is 25.6 Å². The molecule has 0 bridgehead atoms. The molecule has 2 heterocycles. The van der Waals surface area contributed by atoms with Gasteiger partial charge < -0.3 is 23.8 Å². The van der Waals surface area contributed by atoms with Crippen LogP contribution in [0.15, 0.2) is 78.9 Å². The lowest BCUT2D eigenvalue weighted by Crippen LogP contribution is -2.49. The van der Waals surface area contributed by atoms with Crippen molar-refractivity contribution < 1.29 is 14.3 Å². The van der Waals surface area contributed by atoms with Crippen molar-refractivity contribution in [2.45, 2.75) is 27.0 Å². The molecule has 1 fully saturated rings. The smallest absolute Gasteiger partial charge is 0.270 e. The SMILES string of the molecule is COc1ccccc1N1CCN(C(=O)c2cc3c(OCc4ccccc4)cccc3n2CC(C)C)CC1. The number of carbonyl (C=O) groups is 1. The third-order valence-electron chi connectivity index (χ3n) is 6.90. The van der Waals surface area contributed by atoms with Gasteiger partial charge in [0.25, 0.3) is 5.91 Å². The highest BCUT2D eigenvalue weighted by atomic mass is 16.5. The first-order valence-corrected chi connectivity index (χ1v) is 13.0. The van der Waals surface area contributed by atoms with Crippen molar-refractivity contribution in [3.05, 3.63) is 90.1 Å². The van der Waals surface area contributed by atoms with E-state index in [4.69, 9.17) is 9.47 Å². The van der Waals surface area contributed by atoms with Gasteiger partial charge in [-0.1, -0.05) is 62.4 Å². The summed E-state index contributed by atoms with van der Waals surface area (Å²) in [7, 11) is 1.70. The first-order valence-electron chi connectivity index (χ1n) is 13.0. The lowest BCUT2D eigenvalue weighted by molar-refractivity contribution is 0.0735. The maximum atomic E-state index is 13.8. The number of hydrogen-bond donors (Lipinski definition) is 0. The van der Waals surface area contributed by atoms with Crippen LogP contribution in [0.4, 0.5) is 5.69 Å². The zero-order valence-electron chi connectivity index (χ0n) is 21.9. The fraction of sp³-hybridized carbons (Fsp3) is 0.323. The van der Waals surface area contributed by atoms with Gasteiger partial charge in [0.1, 0.15) is 23.8 Å². The molecule has 0 unspecified atom stereocenters. The molecule has 0 saturated carbocycles. The minimum Gasteiger partial charge on any atom is -0.495 e. The van der Waals surface area contributed by atoms with Gasteiger partial charge in [-0.05, 0) is 41.8 Å². The van der Waals surface area contributed by atoms with Crippen molar-refractivity contribution in [2.24, 2.45) is 5.92 Å². The molecule has 192 valence electrons. The predicted octanol–water partition coefficient (Wildman–Crippen LogP) is 5.85. The van der Waals surface area contributed by atoms with Gasteiger partial charge in [0, 0.05) is 38.1 Å². The normalized spacial score (nSPS) is 13.8. The average molecular weight is 498 g/mol. The quantitative estimate of drug-likeness (QED) is 0.307. The van der Waals surface area contributed by atoms with Crippen LogP contribution in [0, 0.1) is 5.92 Å². The Kier molecular flexibility index (Phi) is 7.35. The highest BCUT2D eigenvalue weighted by molar-refractivity contribution is 6.00. The second-order valence-corrected chi connectivity index (χ2v) is 9.95. The molecule has 5 rings (SSSR count). The summed E-state index contributed by atoms with van der Waals surface area (Å²) in [5, 5.41) is 0.982. The number of benzene rings is 3. The minimum absolute atomic E-state index is 0.0746. The van der Waals surface area contributed by atoms with Crippen molar-refractivity contribution >= 4 is 22.5 Å². The molecule has 6 nitrogen and oxygen atoms in total. The number of methoxy groups -OCH3 is 1. The Morgan fingerprint density at radius 3 is 2.30 bits per heavy atom. The molecule has 6 heteroatoms. The summed E-state index contributed by atoms with van der Waals surface area (Å²) in [4.78, 5) is 18.1. The standard InChI is InChI=1S/C31H35N3O3/c1-23(2)21-34-26-13-9-15-29(37-22-24-10-5-4-6-11-24)25(26)20-28(34)31(35)33-18-16-32(17-19-33)27-12-7-8-14-30(27)36-3/h4-15,20,23H,16-19,21-22H2,1-3H3. The Morgan fingerprint density at radius 2 is 1.57 bits per heavy atom. The van der Waals surface area contributed by atoms with Crippen LogP contribution in [0.1, 0.15) is 29.9 Å². The van der Waals surface area contributed by atoms with Gasteiger partial charge in [0.05, 0.1) is 18.3 Å². The predicted molar refractivity (Wildman–Crippen MR) is 149 cm³/mol. The highest BCUT2D eigenvalue weighted by Gasteiger charge is 2.27. The number of nitrogens with zero attached hydrogens (tertiary/aromatic N) is 3. The fourth-order valence-electron chi connectivity index (χ4n) is 5.06. The summed E-state index contributed by atoms with van der Waals surface area (Å²) in [6.07, 6.45) is 0. The number of para-hydroxylation sites is 2. The molecule has 1 saturated heterocycles. The van der Waals surface area contributed by atoms with E-state index in [-0.39, 0.29) is 5.91 Å². The first kappa shape index (κ1) is 24.8. The van der Waals surface area contributed by atoms with E-state index in [1.165, 1.54) is 0 Å². The molecule has 1 aliphatic heterocycles. The second-order valence-electron chi connectivity index (χ2n) is 9.95. The first-order chi connectivity index (χ1) is 18.0. The molecule has 0 atom stereocenters. The number of piperazine rings is 1. The monoisotopic (exact) mass is 497 g/mol. The zero-order chi connectivity index (χ0) is 25.8. The van der Waals surface area contributed by atoms with E-state index >= 15 is 0 Å². The third kappa shape index (κ3) is 5.29. The van der Waals surface area contributed by atoms with E-state index < -0.39 is 0 Å². The summed E-state index contributed by atoms with van der Waals surface area (Å²) >= 11 is 0. The zero-order valence-corrected chi connectivity index (χ0v) is 21.9. The number of aromatic nitrogens is 1. The van der Waals surface area contributed by atoms with Crippen LogP contribution in [-0.2, 0) is 13.2 Å². The van der Waals surface area contributed by atoms with E-state index in [9.17, 15) is 4.79 Å². The summed E-state index contributed by atoms with van der Waals surface area (Å²) in [5.41, 5.74) is 3.96. The van der Waals surface area contributed by atoms with Crippen molar-refractivity contribution in [3.63, 3.8) is 0 Å². The lowest BCUT2D eigenvalue weighted by atomic mass is 10.2. The van der Waals surface area contributed by atoms with Gasteiger partial charge in [-0.15, -0.1) is 0 Å². The van der Waals surface area contributed by atoms with Gasteiger partial charge in [-0.2, -0.15) is 0 Å².